The second kappa shape index (κ2) is 7.18. The van der Waals surface area contributed by atoms with Crippen molar-refractivity contribution < 1.29 is 9.59 Å². The number of likely N-dealkylation sites (tertiary alicyclic amines) is 1. The average Bonchev–Trinajstić information content (AvgIpc) is 2.49. The number of carbonyl (C=O) groups excluding carboxylic acids is 2. The van der Waals surface area contributed by atoms with Crippen molar-refractivity contribution in [2.75, 3.05) is 13.1 Å². The molecule has 0 aromatic heterocycles. The lowest BCUT2D eigenvalue weighted by atomic mass is 9.97. The number of halogens is 1. The summed E-state index contributed by atoms with van der Waals surface area (Å²) >= 11 is 7.35. The van der Waals surface area contributed by atoms with Gasteiger partial charge < -0.3 is 10.6 Å². The molecule has 0 bridgehead atoms. The van der Waals surface area contributed by atoms with Crippen LogP contribution in [0.4, 0.5) is 0 Å². The molecule has 1 aromatic rings. The highest BCUT2D eigenvalue weighted by atomic mass is 35.5. The highest BCUT2D eigenvalue weighted by Gasteiger charge is 2.29. The summed E-state index contributed by atoms with van der Waals surface area (Å²) in [4.78, 5) is 26.5. The Balaban J connectivity index is 1.95. The maximum atomic E-state index is 12.5. The van der Waals surface area contributed by atoms with E-state index in [1.807, 2.05) is 31.2 Å². The van der Waals surface area contributed by atoms with Gasteiger partial charge in [-0.05, 0) is 44.0 Å². The molecule has 1 aliphatic heterocycles. The van der Waals surface area contributed by atoms with Crippen molar-refractivity contribution in [1.29, 1.82) is 0 Å². The summed E-state index contributed by atoms with van der Waals surface area (Å²) in [6.07, 6.45) is 1.61. The van der Waals surface area contributed by atoms with Crippen LogP contribution in [-0.4, -0.2) is 35.1 Å². The summed E-state index contributed by atoms with van der Waals surface area (Å²) in [5, 5.41) is 0.483. The van der Waals surface area contributed by atoms with Gasteiger partial charge in [-0.25, -0.2) is 0 Å². The van der Waals surface area contributed by atoms with Crippen molar-refractivity contribution >= 4 is 35.2 Å². The predicted molar refractivity (Wildman–Crippen MR) is 85.3 cm³/mol. The van der Waals surface area contributed by atoms with Crippen molar-refractivity contribution in [2.45, 2.75) is 29.9 Å². The van der Waals surface area contributed by atoms with E-state index in [1.165, 1.54) is 11.8 Å². The smallest absolute Gasteiger partial charge is 0.235 e. The van der Waals surface area contributed by atoms with Gasteiger partial charge in [0.25, 0.3) is 0 Å². The number of rotatable bonds is 4. The molecule has 1 aliphatic rings. The van der Waals surface area contributed by atoms with Crippen LogP contribution in [-0.2, 0) is 9.59 Å². The zero-order valence-corrected chi connectivity index (χ0v) is 13.5. The van der Waals surface area contributed by atoms with Gasteiger partial charge in [-0.15, -0.1) is 11.8 Å². The lowest BCUT2D eigenvalue weighted by molar-refractivity contribution is -0.134. The van der Waals surface area contributed by atoms with Crippen molar-refractivity contribution in [1.82, 2.24) is 4.90 Å². The Morgan fingerprint density at radius 1 is 1.38 bits per heavy atom. The predicted octanol–water partition coefficient (Wildman–Crippen LogP) is 2.54. The van der Waals surface area contributed by atoms with Crippen molar-refractivity contribution in [2.24, 2.45) is 11.7 Å². The van der Waals surface area contributed by atoms with E-state index in [2.05, 4.69) is 0 Å². The molecule has 2 atom stereocenters. The van der Waals surface area contributed by atoms with Crippen LogP contribution in [0.25, 0.3) is 0 Å². The van der Waals surface area contributed by atoms with E-state index in [0.29, 0.717) is 18.1 Å². The standard InChI is InChI=1S/C15H19ClN2O2S/c1-10(21-13-6-4-12(16)5-7-13)15(20)18-8-2-3-11(9-18)14(17)19/h4-7,10-11H,2-3,8-9H2,1H3,(H2,17,19). The number of nitrogens with zero attached hydrogens (tertiary/aromatic N) is 1. The van der Waals surface area contributed by atoms with Gasteiger partial charge in [0.05, 0.1) is 11.2 Å². The molecular formula is C15H19ClN2O2S. The van der Waals surface area contributed by atoms with Crippen molar-refractivity contribution in [3.8, 4) is 0 Å². The Morgan fingerprint density at radius 2 is 2.05 bits per heavy atom. The topological polar surface area (TPSA) is 63.4 Å². The first-order valence-corrected chi connectivity index (χ1v) is 8.23. The quantitative estimate of drug-likeness (QED) is 0.865. The number of nitrogens with two attached hydrogens (primary N) is 1. The third-order valence-corrected chi connectivity index (χ3v) is 4.96. The van der Waals surface area contributed by atoms with E-state index < -0.39 is 0 Å². The zero-order chi connectivity index (χ0) is 15.4. The highest BCUT2D eigenvalue weighted by molar-refractivity contribution is 8.00. The van der Waals surface area contributed by atoms with E-state index in [9.17, 15) is 9.59 Å². The van der Waals surface area contributed by atoms with Crippen LogP contribution in [0.1, 0.15) is 19.8 Å². The SMILES string of the molecule is CC(Sc1ccc(Cl)cc1)C(=O)N1CCCC(C(N)=O)C1. The van der Waals surface area contributed by atoms with E-state index in [-0.39, 0.29) is 23.0 Å². The molecule has 2 unspecified atom stereocenters. The number of hydrogen-bond acceptors (Lipinski definition) is 3. The number of amides is 2. The van der Waals surface area contributed by atoms with Gasteiger partial charge >= 0.3 is 0 Å². The molecule has 1 saturated heterocycles. The first-order chi connectivity index (χ1) is 9.97. The summed E-state index contributed by atoms with van der Waals surface area (Å²) in [6.45, 7) is 3.03. The van der Waals surface area contributed by atoms with Gasteiger partial charge in [-0.2, -0.15) is 0 Å². The monoisotopic (exact) mass is 326 g/mol. The normalized spacial score (nSPS) is 20.1. The fourth-order valence-corrected chi connectivity index (χ4v) is 3.51. The molecule has 0 saturated carbocycles. The molecule has 0 aliphatic carbocycles. The molecule has 4 nitrogen and oxygen atoms in total. The lowest BCUT2D eigenvalue weighted by Gasteiger charge is -2.32. The van der Waals surface area contributed by atoms with Gasteiger partial charge in [0, 0.05) is 23.0 Å². The number of hydrogen-bond donors (Lipinski definition) is 1. The summed E-state index contributed by atoms with van der Waals surface area (Å²) in [6, 6.07) is 7.43. The van der Waals surface area contributed by atoms with Gasteiger partial charge in [0.1, 0.15) is 0 Å². The Kier molecular flexibility index (Phi) is 5.53. The summed E-state index contributed by atoms with van der Waals surface area (Å²) < 4.78 is 0. The van der Waals surface area contributed by atoms with E-state index in [4.69, 9.17) is 17.3 Å². The Bertz CT molecular complexity index is 521. The number of benzene rings is 1. The second-order valence-electron chi connectivity index (χ2n) is 5.24. The number of piperidine rings is 1. The summed E-state index contributed by atoms with van der Waals surface area (Å²) in [5.41, 5.74) is 5.35. The molecule has 114 valence electrons. The van der Waals surface area contributed by atoms with E-state index in [1.54, 1.807) is 4.90 Å². The third kappa shape index (κ3) is 4.38. The van der Waals surface area contributed by atoms with Crippen LogP contribution in [0.3, 0.4) is 0 Å². The first kappa shape index (κ1) is 16.2. The minimum Gasteiger partial charge on any atom is -0.369 e. The van der Waals surface area contributed by atoms with Gasteiger partial charge in [0.15, 0.2) is 0 Å². The number of primary amides is 1. The average molecular weight is 327 g/mol. The molecule has 0 radical (unpaired) electrons. The molecule has 0 spiro atoms. The summed E-state index contributed by atoms with van der Waals surface area (Å²) in [7, 11) is 0. The van der Waals surface area contributed by atoms with Crippen molar-refractivity contribution in [3.05, 3.63) is 29.3 Å². The van der Waals surface area contributed by atoms with Crippen LogP contribution in [0.5, 0.6) is 0 Å². The summed E-state index contributed by atoms with van der Waals surface area (Å²) in [5.74, 6) is -0.471. The maximum Gasteiger partial charge on any atom is 0.235 e. The molecule has 1 fully saturated rings. The highest BCUT2D eigenvalue weighted by Crippen LogP contribution is 2.27. The molecule has 1 heterocycles. The fraction of sp³-hybridized carbons (Fsp3) is 0.467. The minimum absolute atomic E-state index is 0.0564. The van der Waals surface area contributed by atoms with Crippen LogP contribution < -0.4 is 5.73 Å². The fourth-order valence-electron chi connectivity index (χ4n) is 2.43. The van der Waals surface area contributed by atoms with Crippen LogP contribution in [0, 0.1) is 5.92 Å². The molecular weight excluding hydrogens is 308 g/mol. The third-order valence-electron chi connectivity index (χ3n) is 3.61. The zero-order valence-electron chi connectivity index (χ0n) is 11.9. The van der Waals surface area contributed by atoms with Gasteiger partial charge in [-0.3, -0.25) is 9.59 Å². The molecule has 6 heteroatoms. The molecule has 2 rings (SSSR count). The van der Waals surface area contributed by atoms with E-state index >= 15 is 0 Å². The molecule has 2 amide bonds. The van der Waals surface area contributed by atoms with Gasteiger partial charge in [0.2, 0.25) is 11.8 Å². The van der Waals surface area contributed by atoms with Crippen LogP contribution in [0.2, 0.25) is 5.02 Å². The number of carbonyl (C=O) groups is 2. The molecule has 1 aromatic carbocycles. The van der Waals surface area contributed by atoms with Crippen molar-refractivity contribution in [3.63, 3.8) is 0 Å². The maximum absolute atomic E-state index is 12.5. The van der Waals surface area contributed by atoms with Crippen LogP contribution >= 0.6 is 23.4 Å². The minimum atomic E-state index is -0.314. The lowest BCUT2D eigenvalue weighted by Crippen LogP contribution is -2.46. The van der Waals surface area contributed by atoms with Gasteiger partial charge in [-0.1, -0.05) is 11.6 Å². The largest absolute Gasteiger partial charge is 0.369 e. The Morgan fingerprint density at radius 3 is 2.67 bits per heavy atom. The number of thioether (sulfide) groups is 1. The first-order valence-electron chi connectivity index (χ1n) is 6.97. The Hall–Kier alpha value is -1.20. The Labute approximate surface area is 134 Å². The second-order valence-corrected chi connectivity index (χ2v) is 7.09. The molecule has 21 heavy (non-hydrogen) atoms. The van der Waals surface area contributed by atoms with Crippen LogP contribution in [0.15, 0.2) is 29.2 Å². The molecule has 2 N–H and O–H groups in total. The van der Waals surface area contributed by atoms with E-state index in [0.717, 1.165) is 17.7 Å².